The topological polar surface area (TPSA) is 69.5 Å². The molecule has 1 unspecified atom stereocenters. The molecule has 0 aliphatic carbocycles. The van der Waals surface area contributed by atoms with Crippen molar-refractivity contribution in [3.8, 4) is 0 Å². The quantitative estimate of drug-likeness (QED) is 0.844. The number of nitrogens with zero attached hydrogens (tertiary/aromatic N) is 3. The van der Waals surface area contributed by atoms with Gasteiger partial charge in [-0.2, -0.15) is 0 Å². The summed E-state index contributed by atoms with van der Waals surface area (Å²) < 4.78 is 0. The highest BCUT2D eigenvalue weighted by Crippen LogP contribution is 2.26. The first-order valence-corrected chi connectivity index (χ1v) is 6.95. The molecule has 1 atom stereocenters. The van der Waals surface area contributed by atoms with E-state index in [1.165, 1.54) is 0 Å². The lowest BCUT2D eigenvalue weighted by atomic mass is 9.86. The Kier molecular flexibility index (Phi) is 5.62. The molecule has 0 aliphatic rings. The highest BCUT2D eigenvalue weighted by Gasteiger charge is 2.24. The van der Waals surface area contributed by atoms with Crippen molar-refractivity contribution < 1.29 is 10.2 Å². The minimum atomic E-state index is -0.766. The van der Waals surface area contributed by atoms with Crippen LogP contribution in [0.3, 0.4) is 0 Å². The van der Waals surface area contributed by atoms with Gasteiger partial charge in [0.1, 0.15) is 5.82 Å². The highest BCUT2D eigenvalue weighted by molar-refractivity contribution is 5.31. The van der Waals surface area contributed by atoms with Crippen molar-refractivity contribution in [1.29, 1.82) is 0 Å². The van der Waals surface area contributed by atoms with Gasteiger partial charge in [-0.3, -0.25) is 0 Å². The summed E-state index contributed by atoms with van der Waals surface area (Å²) in [6.07, 6.45) is -0.380. The molecule has 0 aliphatic heterocycles. The Bertz CT molecular complexity index is 453. The molecule has 1 aromatic heterocycles. The van der Waals surface area contributed by atoms with Crippen molar-refractivity contribution >= 4 is 0 Å². The van der Waals surface area contributed by atoms with E-state index in [4.69, 9.17) is 5.11 Å². The van der Waals surface area contributed by atoms with Gasteiger partial charge < -0.3 is 15.1 Å². The van der Waals surface area contributed by atoms with E-state index in [1.54, 1.807) is 0 Å². The van der Waals surface area contributed by atoms with E-state index >= 15 is 0 Å². The standard InChI is InChI=1S/C15H27N3O2/c1-10-12(7-11(20)9-19)14(15(2,3)4)17-13(16-10)8-18(5)6/h11,19-20H,7-9H2,1-6H3. The minimum absolute atomic E-state index is 0.126. The van der Waals surface area contributed by atoms with Crippen LogP contribution < -0.4 is 0 Å². The average molecular weight is 281 g/mol. The van der Waals surface area contributed by atoms with E-state index in [1.807, 2.05) is 25.9 Å². The van der Waals surface area contributed by atoms with Crippen LogP contribution in [0.25, 0.3) is 0 Å². The molecular formula is C15H27N3O2. The summed E-state index contributed by atoms with van der Waals surface area (Å²) >= 11 is 0. The molecule has 0 radical (unpaired) electrons. The number of aromatic nitrogens is 2. The zero-order valence-electron chi connectivity index (χ0n) is 13.4. The first-order chi connectivity index (χ1) is 9.15. The molecule has 0 saturated heterocycles. The Labute approximate surface area is 121 Å². The van der Waals surface area contributed by atoms with Gasteiger partial charge in [-0.1, -0.05) is 20.8 Å². The van der Waals surface area contributed by atoms with Crippen LogP contribution >= 0.6 is 0 Å². The van der Waals surface area contributed by atoms with Crippen LogP contribution in [-0.4, -0.2) is 51.9 Å². The van der Waals surface area contributed by atoms with Crippen molar-refractivity contribution in [3.05, 3.63) is 22.8 Å². The number of hydrogen-bond donors (Lipinski definition) is 2. The third kappa shape index (κ3) is 4.51. The van der Waals surface area contributed by atoms with Crippen molar-refractivity contribution in [2.75, 3.05) is 20.7 Å². The van der Waals surface area contributed by atoms with Gasteiger partial charge in [0.2, 0.25) is 0 Å². The van der Waals surface area contributed by atoms with Gasteiger partial charge in [-0.05, 0) is 26.6 Å². The Morgan fingerprint density at radius 3 is 2.25 bits per heavy atom. The third-order valence-electron chi connectivity index (χ3n) is 3.08. The maximum absolute atomic E-state index is 9.73. The zero-order chi connectivity index (χ0) is 15.5. The molecule has 0 aromatic carbocycles. The maximum Gasteiger partial charge on any atom is 0.142 e. The van der Waals surface area contributed by atoms with E-state index < -0.39 is 6.10 Å². The van der Waals surface area contributed by atoms with Crippen LogP contribution in [0.1, 0.15) is 43.5 Å². The molecule has 0 fully saturated rings. The molecule has 0 spiro atoms. The van der Waals surface area contributed by atoms with E-state index in [0.29, 0.717) is 13.0 Å². The highest BCUT2D eigenvalue weighted by atomic mass is 16.3. The molecule has 0 bridgehead atoms. The second-order valence-electron chi connectivity index (χ2n) is 6.58. The third-order valence-corrected chi connectivity index (χ3v) is 3.08. The molecule has 1 heterocycles. The maximum atomic E-state index is 9.73. The molecule has 5 nitrogen and oxygen atoms in total. The van der Waals surface area contributed by atoms with E-state index in [9.17, 15) is 5.11 Å². The fourth-order valence-corrected chi connectivity index (χ4v) is 2.17. The van der Waals surface area contributed by atoms with E-state index in [-0.39, 0.29) is 12.0 Å². The predicted molar refractivity (Wildman–Crippen MR) is 79.7 cm³/mol. The van der Waals surface area contributed by atoms with Crippen LogP contribution in [0.5, 0.6) is 0 Å². The summed E-state index contributed by atoms with van der Waals surface area (Å²) in [5.74, 6) is 0.791. The summed E-state index contributed by atoms with van der Waals surface area (Å²) in [5, 5.41) is 18.8. The van der Waals surface area contributed by atoms with Gasteiger partial charge in [-0.15, -0.1) is 0 Å². The minimum Gasteiger partial charge on any atom is -0.394 e. The van der Waals surface area contributed by atoms with Gasteiger partial charge in [-0.25, -0.2) is 9.97 Å². The SMILES string of the molecule is Cc1nc(CN(C)C)nc(C(C)(C)C)c1CC(O)CO. The van der Waals surface area contributed by atoms with Crippen LogP contribution in [0, 0.1) is 6.92 Å². The smallest absolute Gasteiger partial charge is 0.142 e. The fourth-order valence-electron chi connectivity index (χ4n) is 2.17. The monoisotopic (exact) mass is 281 g/mol. The van der Waals surface area contributed by atoms with Crippen LogP contribution in [0.2, 0.25) is 0 Å². The first kappa shape index (κ1) is 17.0. The van der Waals surface area contributed by atoms with Crippen LogP contribution in [-0.2, 0) is 18.4 Å². The van der Waals surface area contributed by atoms with Gasteiger partial charge in [0.15, 0.2) is 0 Å². The Morgan fingerprint density at radius 2 is 1.80 bits per heavy atom. The molecule has 1 aromatic rings. The summed E-state index contributed by atoms with van der Waals surface area (Å²) in [4.78, 5) is 11.2. The molecular weight excluding hydrogens is 254 g/mol. The van der Waals surface area contributed by atoms with Gasteiger partial charge in [0.25, 0.3) is 0 Å². The summed E-state index contributed by atoms with van der Waals surface area (Å²) in [6.45, 7) is 8.68. The molecule has 1 rings (SSSR count). The van der Waals surface area contributed by atoms with E-state index in [2.05, 4.69) is 30.7 Å². The number of aliphatic hydroxyl groups is 2. The van der Waals surface area contributed by atoms with Gasteiger partial charge in [0.05, 0.1) is 24.9 Å². The number of aryl methyl sites for hydroxylation is 1. The molecule has 20 heavy (non-hydrogen) atoms. The number of rotatable bonds is 5. The predicted octanol–water partition coefficient (Wildman–Crippen LogP) is 1.04. The summed E-state index contributed by atoms with van der Waals surface area (Å²) in [7, 11) is 3.97. The number of aliphatic hydroxyl groups excluding tert-OH is 2. The molecule has 2 N–H and O–H groups in total. The number of hydrogen-bond acceptors (Lipinski definition) is 5. The van der Waals surface area contributed by atoms with E-state index in [0.717, 1.165) is 22.8 Å². The summed E-state index contributed by atoms with van der Waals surface area (Å²) in [5.41, 5.74) is 2.66. The first-order valence-electron chi connectivity index (χ1n) is 6.95. The largest absolute Gasteiger partial charge is 0.394 e. The van der Waals surface area contributed by atoms with Gasteiger partial charge in [0, 0.05) is 17.5 Å². The lowest BCUT2D eigenvalue weighted by molar-refractivity contribution is 0.0948. The van der Waals surface area contributed by atoms with Crippen LogP contribution in [0.4, 0.5) is 0 Å². The fraction of sp³-hybridized carbons (Fsp3) is 0.733. The zero-order valence-corrected chi connectivity index (χ0v) is 13.4. The molecule has 0 amide bonds. The molecule has 114 valence electrons. The van der Waals surface area contributed by atoms with Crippen LogP contribution in [0.15, 0.2) is 0 Å². The second kappa shape index (κ2) is 6.61. The Morgan fingerprint density at radius 1 is 1.20 bits per heavy atom. The lowest BCUT2D eigenvalue weighted by Crippen LogP contribution is -2.25. The lowest BCUT2D eigenvalue weighted by Gasteiger charge is -2.25. The van der Waals surface area contributed by atoms with Crippen molar-refractivity contribution in [3.63, 3.8) is 0 Å². The van der Waals surface area contributed by atoms with Crippen molar-refractivity contribution in [1.82, 2.24) is 14.9 Å². The Balaban J connectivity index is 3.28. The van der Waals surface area contributed by atoms with Crippen molar-refractivity contribution in [2.24, 2.45) is 0 Å². The summed E-state index contributed by atoms with van der Waals surface area (Å²) in [6, 6.07) is 0. The van der Waals surface area contributed by atoms with Crippen molar-refractivity contribution in [2.45, 2.75) is 52.2 Å². The average Bonchev–Trinajstić information content (AvgIpc) is 2.29. The second-order valence-corrected chi connectivity index (χ2v) is 6.58. The molecule has 5 heteroatoms. The molecule has 0 saturated carbocycles. The Hall–Kier alpha value is -1.04. The normalized spacial score (nSPS) is 13.8. The van der Waals surface area contributed by atoms with Gasteiger partial charge >= 0.3 is 0 Å².